The minimum Gasteiger partial charge on any atom is -0.353 e. The first-order valence-electron chi connectivity index (χ1n) is 10.5. The van der Waals surface area contributed by atoms with Crippen molar-refractivity contribution >= 4 is 33.2 Å². The molecule has 3 aromatic heterocycles. The van der Waals surface area contributed by atoms with Gasteiger partial charge in [-0.3, -0.25) is 0 Å². The molecule has 0 saturated carbocycles. The molecule has 0 bridgehead atoms. The van der Waals surface area contributed by atoms with Crippen LogP contribution in [0.4, 0.5) is 11.6 Å². The van der Waals surface area contributed by atoms with E-state index in [2.05, 4.69) is 64.2 Å². The molecule has 5 rings (SSSR count). The number of aryl methyl sites for hydroxylation is 1. The molecular weight excluding hydrogens is 390 g/mol. The van der Waals surface area contributed by atoms with E-state index in [4.69, 9.17) is 9.97 Å². The minimum atomic E-state index is 0.761. The van der Waals surface area contributed by atoms with E-state index >= 15 is 0 Å². The predicted octanol–water partition coefficient (Wildman–Crippen LogP) is 4.57. The van der Waals surface area contributed by atoms with Crippen molar-refractivity contribution in [1.82, 2.24) is 15.0 Å². The fourth-order valence-electron chi connectivity index (χ4n) is 3.96. The van der Waals surface area contributed by atoms with Gasteiger partial charge < -0.3 is 9.80 Å². The molecule has 1 fully saturated rings. The summed E-state index contributed by atoms with van der Waals surface area (Å²) in [5.41, 5.74) is 1.25. The van der Waals surface area contributed by atoms with Crippen LogP contribution in [0.5, 0.6) is 0 Å². The smallest absolute Gasteiger partial charge is 0.141 e. The van der Waals surface area contributed by atoms with Gasteiger partial charge in [0.15, 0.2) is 0 Å². The molecule has 152 valence electrons. The van der Waals surface area contributed by atoms with E-state index in [0.717, 1.165) is 61.3 Å². The fourth-order valence-corrected chi connectivity index (χ4v) is 4.94. The summed E-state index contributed by atoms with van der Waals surface area (Å²) in [5.74, 6) is 3.04. The Bertz CT molecular complexity index is 1120. The van der Waals surface area contributed by atoms with E-state index in [1.165, 1.54) is 15.8 Å². The van der Waals surface area contributed by atoms with Gasteiger partial charge in [0.25, 0.3) is 0 Å². The van der Waals surface area contributed by atoms with E-state index in [-0.39, 0.29) is 0 Å². The lowest BCUT2D eigenvalue weighted by Crippen LogP contribution is -2.47. The largest absolute Gasteiger partial charge is 0.353 e. The second-order valence-corrected chi connectivity index (χ2v) is 8.69. The molecule has 0 radical (unpaired) electrons. The summed E-state index contributed by atoms with van der Waals surface area (Å²) in [4.78, 5) is 21.7. The van der Waals surface area contributed by atoms with Crippen LogP contribution in [0.15, 0.2) is 60.8 Å². The maximum absolute atomic E-state index is 5.05. The van der Waals surface area contributed by atoms with Gasteiger partial charge in [-0.15, -0.1) is 11.3 Å². The Morgan fingerprint density at radius 1 is 0.900 bits per heavy atom. The SMILES string of the molecule is CCc1cc2c(N3CCN(c4ccccn4)CC3)nc(Cc3ccccc3)nc2s1. The van der Waals surface area contributed by atoms with Gasteiger partial charge in [0.2, 0.25) is 0 Å². The van der Waals surface area contributed by atoms with Crippen LogP contribution in [-0.4, -0.2) is 41.1 Å². The van der Waals surface area contributed by atoms with Crippen LogP contribution in [0, 0.1) is 0 Å². The Morgan fingerprint density at radius 2 is 1.67 bits per heavy atom. The molecule has 5 nitrogen and oxygen atoms in total. The number of thiophene rings is 1. The summed E-state index contributed by atoms with van der Waals surface area (Å²) in [6, 6.07) is 18.9. The molecule has 0 unspecified atom stereocenters. The number of piperazine rings is 1. The van der Waals surface area contributed by atoms with Crippen LogP contribution in [-0.2, 0) is 12.8 Å². The zero-order valence-electron chi connectivity index (χ0n) is 17.2. The number of fused-ring (bicyclic) bond motifs is 1. The number of hydrogen-bond acceptors (Lipinski definition) is 6. The molecule has 4 aromatic rings. The number of nitrogens with zero attached hydrogens (tertiary/aromatic N) is 5. The molecule has 1 aromatic carbocycles. The number of pyridine rings is 1. The van der Waals surface area contributed by atoms with E-state index in [0.29, 0.717) is 0 Å². The third kappa shape index (κ3) is 3.87. The van der Waals surface area contributed by atoms with Crippen molar-refractivity contribution in [2.75, 3.05) is 36.0 Å². The Kier molecular flexibility index (Phi) is 5.32. The lowest BCUT2D eigenvalue weighted by molar-refractivity contribution is 0.642. The molecule has 1 aliphatic rings. The summed E-state index contributed by atoms with van der Waals surface area (Å²) in [7, 11) is 0. The van der Waals surface area contributed by atoms with Crippen LogP contribution >= 0.6 is 11.3 Å². The first-order chi connectivity index (χ1) is 14.8. The summed E-state index contributed by atoms with van der Waals surface area (Å²) >= 11 is 1.80. The molecule has 4 heterocycles. The second kappa shape index (κ2) is 8.40. The predicted molar refractivity (Wildman–Crippen MR) is 125 cm³/mol. The topological polar surface area (TPSA) is 45.2 Å². The molecule has 0 atom stereocenters. The Balaban J connectivity index is 1.44. The highest BCUT2D eigenvalue weighted by molar-refractivity contribution is 7.18. The van der Waals surface area contributed by atoms with Crippen molar-refractivity contribution in [2.45, 2.75) is 19.8 Å². The van der Waals surface area contributed by atoms with Gasteiger partial charge in [-0.2, -0.15) is 0 Å². The molecule has 30 heavy (non-hydrogen) atoms. The Morgan fingerprint density at radius 3 is 2.40 bits per heavy atom. The molecule has 6 heteroatoms. The van der Waals surface area contributed by atoms with Crippen LogP contribution < -0.4 is 9.80 Å². The summed E-state index contributed by atoms with van der Waals surface area (Å²) in [6.45, 7) is 5.96. The summed E-state index contributed by atoms with van der Waals surface area (Å²) in [5, 5.41) is 1.19. The minimum absolute atomic E-state index is 0.761. The van der Waals surface area contributed by atoms with Gasteiger partial charge >= 0.3 is 0 Å². The average molecular weight is 416 g/mol. The number of benzene rings is 1. The molecule has 1 aliphatic heterocycles. The van der Waals surface area contributed by atoms with E-state index in [9.17, 15) is 0 Å². The highest BCUT2D eigenvalue weighted by atomic mass is 32.1. The van der Waals surface area contributed by atoms with Crippen LogP contribution in [0.25, 0.3) is 10.2 Å². The van der Waals surface area contributed by atoms with Crippen molar-refractivity contribution in [1.29, 1.82) is 0 Å². The monoisotopic (exact) mass is 415 g/mol. The van der Waals surface area contributed by atoms with Gasteiger partial charge in [-0.25, -0.2) is 15.0 Å². The van der Waals surface area contributed by atoms with Crippen LogP contribution in [0.3, 0.4) is 0 Å². The highest BCUT2D eigenvalue weighted by Crippen LogP contribution is 2.32. The normalized spacial score (nSPS) is 14.4. The lowest BCUT2D eigenvalue weighted by Gasteiger charge is -2.36. The lowest BCUT2D eigenvalue weighted by atomic mass is 10.1. The summed E-state index contributed by atoms with van der Waals surface area (Å²) in [6.07, 6.45) is 3.65. The third-order valence-corrected chi connectivity index (χ3v) is 6.75. The van der Waals surface area contributed by atoms with Gasteiger partial charge in [0, 0.05) is 43.7 Å². The van der Waals surface area contributed by atoms with E-state index in [1.807, 2.05) is 18.3 Å². The van der Waals surface area contributed by atoms with Crippen molar-refractivity contribution in [3.05, 3.63) is 77.1 Å². The van der Waals surface area contributed by atoms with Crippen LogP contribution in [0.1, 0.15) is 23.2 Å². The maximum Gasteiger partial charge on any atom is 0.141 e. The molecule has 0 N–H and O–H groups in total. The van der Waals surface area contributed by atoms with Gasteiger partial charge in [0.1, 0.15) is 22.3 Å². The standard InChI is InChI=1S/C24H25N5S/c1-2-19-17-20-23(29-14-12-28(13-15-29)22-10-6-7-11-25-22)26-21(27-24(20)30-19)16-18-8-4-3-5-9-18/h3-11,17H,2,12-16H2,1H3. The zero-order valence-corrected chi connectivity index (χ0v) is 18.0. The summed E-state index contributed by atoms with van der Waals surface area (Å²) < 4.78 is 0. The average Bonchev–Trinajstić information content (AvgIpc) is 3.23. The van der Waals surface area contributed by atoms with Gasteiger partial charge in [0.05, 0.1) is 5.39 Å². The molecule has 0 spiro atoms. The number of hydrogen-bond donors (Lipinski definition) is 0. The number of aromatic nitrogens is 3. The highest BCUT2D eigenvalue weighted by Gasteiger charge is 2.22. The van der Waals surface area contributed by atoms with Crippen molar-refractivity contribution in [2.24, 2.45) is 0 Å². The van der Waals surface area contributed by atoms with Crippen LogP contribution in [0.2, 0.25) is 0 Å². The first-order valence-corrected chi connectivity index (χ1v) is 11.4. The molecule has 0 amide bonds. The van der Waals surface area contributed by atoms with E-state index in [1.54, 1.807) is 11.3 Å². The van der Waals surface area contributed by atoms with Gasteiger partial charge in [-0.05, 0) is 30.2 Å². The van der Waals surface area contributed by atoms with Gasteiger partial charge in [-0.1, -0.05) is 43.3 Å². The quantitative estimate of drug-likeness (QED) is 0.478. The number of rotatable bonds is 5. The zero-order chi connectivity index (χ0) is 20.3. The Hall–Kier alpha value is -2.99. The van der Waals surface area contributed by atoms with E-state index < -0.39 is 0 Å². The second-order valence-electron chi connectivity index (χ2n) is 7.57. The first kappa shape index (κ1) is 19.0. The van der Waals surface area contributed by atoms with Crippen molar-refractivity contribution in [3.63, 3.8) is 0 Å². The Labute approximate surface area is 181 Å². The molecular formula is C24H25N5S. The third-order valence-electron chi connectivity index (χ3n) is 5.58. The van der Waals surface area contributed by atoms with Crippen molar-refractivity contribution in [3.8, 4) is 0 Å². The molecule has 0 aliphatic carbocycles. The number of anilines is 2. The molecule has 1 saturated heterocycles. The maximum atomic E-state index is 5.05. The van der Waals surface area contributed by atoms with Crippen molar-refractivity contribution < 1.29 is 0 Å². The fraction of sp³-hybridized carbons (Fsp3) is 0.292.